The van der Waals surface area contributed by atoms with E-state index in [1.165, 1.54) is 26.4 Å². The normalized spacial score (nSPS) is 12.3. The Bertz CT molecular complexity index is 931. The molecule has 0 heterocycles. The molecule has 9 heteroatoms. The van der Waals surface area contributed by atoms with E-state index < -0.39 is 22.0 Å². The first-order valence-corrected chi connectivity index (χ1v) is 9.45. The second-order valence-corrected chi connectivity index (χ2v) is 7.43. The van der Waals surface area contributed by atoms with Crippen LogP contribution in [0.15, 0.2) is 41.3 Å². The Morgan fingerprint density at radius 3 is 2.42 bits per heavy atom. The third-order valence-electron chi connectivity index (χ3n) is 3.75. The molecule has 1 amide bonds. The zero-order valence-corrected chi connectivity index (χ0v) is 16.0. The van der Waals surface area contributed by atoms with E-state index in [0.717, 1.165) is 6.07 Å². The van der Waals surface area contributed by atoms with Gasteiger partial charge in [-0.3, -0.25) is 4.79 Å². The highest BCUT2D eigenvalue weighted by Gasteiger charge is 2.19. The van der Waals surface area contributed by atoms with Crippen LogP contribution in [0, 0.1) is 0 Å². The van der Waals surface area contributed by atoms with Crippen LogP contribution >= 0.6 is 11.6 Å². The lowest BCUT2D eigenvalue weighted by molar-refractivity contribution is 0.0939. The number of ether oxygens (including phenoxy) is 2. The maximum atomic E-state index is 12.5. The van der Waals surface area contributed by atoms with Gasteiger partial charge in [-0.1, -0.05) is 11.6 Å². The molecule has 0 aliphatic carbocycles. The number of methoxy groups -OCH3 is 2. The summed E-state index contributed by atoms with van der Waals surface area (Å²) < 4.78 is 33.6. The van der Waals surface area contributed by atoms with E-state index in [1.807, 2.05) is 0 Å². The first-order valence-electron chi connectivity index (χ1n) is 7.52. The second-order valence-electron chi connectivity index (χ2n) is 5.49. The average Bonchev–Trinajstić information content (AvgIpc) is 2.60. The van der Waals surface area contributed by atoms with Crippen LogP contribution in [0.2, 0.25) is 5.02 Å². The summed E-state index contributed by atoms with van der Waals surface area (Å²) in [6, 6.07) is 8.67. The van der Waals surface area contributed by atoms with Crippen molar-refractivity contribution in [3.63, 3.8) is 0 Å². The zero-order valence-electron chi connectivity index (χ0n) is 14.4. The van der Waals surface area contributed by atoms with Crippen molar-refractivity contribution in [2.75, 3.05) is 14.2 Å². The molecule has 1 atom stereocenters. The van der Waals surface area contributed by atoms with Gasteiger partial charge in [-0.2, -0.15) is 0 Å². The molecule has 0 aliphatic rings. The quantitative estimate of drug-likeness (QED) is 0.777. The minimum atomic E-state index is -4.04. The summed E-state index contributed by atoms with van der Waals surface area (Å²) in [4.78, 5) is 12.2. The van der Waals surface area contributed by atoms with Gasteiger partial charge in [-0.25, -0.2) is 13.6 Å². The molecule has 0 spiro atoms. The standard InChI is InChI=1S/C17H19ClN2O5S/c1-10(13-9-12(24-2)5-7-15(13)25-3)20-17(21)11-4-6-14(18)16(8-11)26(19,22)23/h4-10H,1-3H3,(H,20,21)(H2,19,22,23)/t10-/m0/s1. The molecule has 0 bridgehead atoms. The summed E-state index contributed by atoms with van der Waals surface area (Å²) in [7, 11) is -0.974. The lowest BCUT2D eigenvalue weighted by Crippen LogP contribution is -2.27. The van der Waals surface area contributed by atoms with Crippen molar-refractivity contribution in [1.82, 2.24) is 5.32 Å². The highest BCUT2D eigenvalue weighted by molar-refractivity contribution is 7.89. The van der Waals surface area contributed by atoms with E-state index in [9.17, 15) is 13.2 Å². The smallest absolute Gasteiger partial charge is 0.251 e. The van der Waals surface area contributed by atoms with Gasteiger partial charge in [-0.05, 0) is 43.3 Å². The minimum Gasteiger partial charge on any atom is -0.497 e. The average molecular weight is 399 g/mol. The number of primary sulfonamides is 1. The van der Waals surface area contributed by atoms with Crippen LogP contribution in [0.4, 0.5) is 0 Å². The first kappa shape index (κ1) is 20.0. The van der Waals surface area contributed by atoms with Crippen LogP contribution in [0.5, 0.6) is 11.5 Å². The molecule has 0 saturated heterocycles. The fourth-order valence-electron chi connectivity index (χ4n) is 2.40. The summed E-state index contributed by atoms with van der Waals surface area (Å²) >= 11 is 5.84. The largest absolute Gasteiger partial charge is 0.497 e. The molecule has 0 radical (unpaired) electrons. The van der Waals surface area contributed by atoms with E-state index in [0.29, 0.717) is 17.1 Å². The van der Waals surface area contributed by atoms with Crippen LogP contribution in [-0.2, 0) is 10.0 Å². The minimum absolute atomic E-state index is 0.0495. The Morgan fingerprint density at radius 1 is 1.15 bits per heavy atom. The molecule has 2 aromatic carbocycles. The van der Waals surface area contributed by atoms with E-state index in [-0.39, 0.29) is 15.5 Å². The Balaban J connectivity index is 2.30. The third kappa shape index (κ3) is 4.46. The Labute approximate surface area is 157 Å². The zero-order chi connectivity index (χ0) is 19.5. The van der Waals surface area contributed by atoms with E-state index in [1.54, 1.807) is 25.1 Å². The van der Waals surface area contributed by atoms with Gasteiger partial charge in [0.1, 0.15) is 16.4 Å². The van der Waals surface area contributed by atoms with Gasteiger partial charge in [0.15, 0.2) is 0 Å². The van der Waals surface area contributed by atoms with Crippen molar-refractivity contribution in [3.05, 3.63) is 52.5 Å². The van der Waals surface area contributed by atoms with Gasteiger partial charge in [0, 0.05) is 11.1 Å². The molecule has 0 aliphatic heterocycles. The Morgan fingerprint density at radius 2 is 1.85 bits per heavy atom. The van der Waals surface area contributed by atoms with Crippen LogP contribution < -0.4 is 19.9 Å². The number of amides is 1. The fourth-order valence-corrected chi connectivity index (χ4v) is 3.47. The van der Waals surface area contributed by atoms with Gasteiger partial charge >= 0.3 is 0 Å². The van der Waals surface area contributed by atoms with Crippen molar-refractivity contribution in [2.45, 2.75) is 17.9 Å². The molecular weight excluding hydrogens is 380 g/mol. The number of benzene rings is 2. The van der Waals surface area contributed by atoms with Gasteiger partial charge in [0.25, 0.3) is 5.91 Å². The monoisotopic (exact) mass is 398 g/mol. The molecule has 0 fully saturated rings. The predicted octanol–water partition coefficient (Wildman–Crippen LogP) is 2.50. The highest BCUT2D eigenvalue weighted by Crippen LogP contribution is 2.29. The summed E-state index contributed by atoms with van der Waals surface area (Å²) in [5, 5.41) is 7.85. The number of rotatable bonds is 6. The Kier molecular flexibility index (Phi) is 6.12. The molecule has 0 aromatic heterocycles. The van der Waals surface area contributed by atoms with Crippen LogP contribution in [0.25, 0.3) is 0 Å². The summed E-state index contributed by atoms with van der Waals surface area (Å²) in [6.07, 6.45) is 0. The van der Waals surface area contributed by atoms with E-state index in [4.69, 9.17) is 26.2 Å². The maximum absolute atomic E-state index is 12.5. The third-order valence-corrected chi connectivity index (χ3v) is 5.14. The topological polar surface area (TPSA) is 108 Å². The van der Waals surface area contributed by atoms with Crippen molar-refractivity contribution in [1.29, 1.82) is 0 Å². The van der Waals surface area contributed by atoms with Crippen LogP contribution in [0.3, 0.4) is 0 Å². The van der Waals surface area contributed by atoms with Crippen molar-refractivity contribution < 1.29 is 22.7 Å². The summed E-state index contributed by atoms with van der Waals surface area (Å²) in [6.45, 7) is 1.77. The van der Waals surface area contributed by atoms with Gasteiger partial charge < -0.3 is 14.8 Å². The molecule has 3 N–H and O–H groups in total. The van der Waals surface area contributed by atoms with Crippen molar-refractivity contribution >= 4 is 27.5 Å². The number of sulfonamides is 1. The van der Waals surface area contributed by atoms with Gasteiger partial charge in [-0.15, -0.1) is 0 Å². The van der Waals surface area contributed by atoms with E-state index >= 15 is 0 Å². The van der Waals surface area contributed by atoms with Crippen molar-refractivity contribution in [3.8, 4) is 11.5 Å². The van der Waals surface area contributed by atoms with E-state index in [2.05, 4.69) is 5.32 Å². The number of hydrogen-bond donors (Lipinski definition) is 2. The van der Waals surface area contributed by atoms with Crippen LogP contribution in [0.1, 0.15) is 28.9 Å². The number of hydrogen-bond acceptors (Lipinski definition) is 5. The molecule has 0 saturated carbocycles. The number of halogens is 1. The highest BCUT2D eigenvalue weighted by atomic mass is 35.5. The number of carbonyl (C=O) groups excluding carboxylic acids is 1. The number of nitrogens with one attached hydrogen (secondary N) is 1. The molecule has 0 unspecified atom stereocenters. The summed E-state index contributed by atoms with van der Waals surface area (Å²) in [5.74, 6) is 0.716. The molecule has 140 valence electrons. The fraction of sp³-hybridized carbons (Fsp3) is 0.235. The Hall–Kier alpha value is -2.29. The molecule has 26 heavy (non-hydrogen) atoms. The first-order chi connectivity index (χ1) is 12.2. The molecule has 2 rings (SSSR count). The van der Waals surface area contributed by atoms with Crippen LogP contribution in [-0.4, -0.2) is 28.5 Å². The van der Waals surface area contributed by atoms with Gasteiger partial charge in [0.05, 0.1) is 25.3 Å². The lowest BCUT2D eigenvalue weighted by atomic mass is 10.1. The predicted molar refractivity (Wildman–Crippen MR) is 98.3 cm³/mol. The van der Waals surface area contributed by atoms with Gasteiger partial charge in [0.2, 0.25) is 10.0 Å². The number of nitrogens with two attached hydrogens (primary N) is 1. The molecular formula is C17H19ClN2O5S. The van der Waals surface area contributed by atoms with Crippen molar-refractivity contribution in [2.24, 2.45) is 5.14 Å². The molecule has 2 aromatic rings. The second kappa shape index (κ2) is 7.94. The molecule has 7 nitrogen and oxygen atoms in total. The number of carbonyl (C=O) groups is 1. The lowest BCUT2D eigenvalue weighted by Gasteiger charge is -2.18. The maximum Gasteiger partial charge on any atom is 0.251 e. The summed E-state index contributed by atoms with van der Waals surface area (Å²) in [5.41, 5.74) is 0.827. The SMILES string of the molecule is COc1ccc(OC)c([C@H](C)NC(=O)c2ccc(Cl)c(S(N)(=O)=O)c2)c1.